The van der Waals surface area contributed by atoms with Crippen molar-refractivity contribution in [3.63, 3.8) is 0 Å². The molecule has 0 radical (unpaired) electrons. The fraction of sp³-hybridized carbons (Fsp3) is 0.545. The molecule has 0 aliphatic rings. The zero-order valence-electron chi connectivity index (χ0n) is 10.6. The monoisotopic (exact) mass is 286 g/mol. The van der Waals surface area contributed by atoms with Crippen molar-refractivity contribution in [1.29, 1.82) is 0 Å². The predicted molar refractivity (Wildman–Crippen MR) is 72.8 cm³/mol. The van der Waals surface area contributed by atoms with Crippen LogP contribution in [-0.4, -0.2) is 51.0 Å². The standard InChI is InChI=1S/C11H18N4O3S/c1-19-3-2-8(12)10(16)15-9(11(17)18)4-7-5-13-6-14-7/h5-6,8-9H,2-4,12H2,1H3,(H,13,14)(H,15,16)(H,17,18)/t8-,9-/m0/s1. The summed E-state index contributed by atoms with van der Waals surface area (Å²) in [4.78, 5) is 29.5. The molecule has 0 aliphatic heterocycles. The molecule has 1 heterocycles. The number of carboxylic acids is 1. The smallest absolute Gasteiger partial charge is 0.326 e. The van der Waals surface area contributed by atoms with Gasteiger partial charge >= 0.3 is 5.97 Å². The third-order valence-corrected chi connectivity index (χ3v) is 3.20. The number of carboxylic acid groups (broad SMARTS) is 1. The number of aromatic nitrogens is 2. The van der Waals surface area contributed by atoms with Crippen LogP contribution in [0.1, 0.15) is 12.1 Å². The lowest BCUT2D eigenvalue weighted by atomic mass is 10.1. The predicted octanol–water partition coefficient (Wildman–Crippen LogP) is -0.398. The van der Waals surface area contributed by atoms with E-state index in [0.717, 1.165) is 5.75 Å². The number of aliphatic carboxylic acids is 1. The summed E-state index contributed by atoms with van der Waals surface area (Å²) in [6.07, 6.45) is 5.61. The summed E-state index contributed by atoms with van der Waals surface area (Å²) in [5, 5.41) is 11.5. The molecule has 0 saturated carbocycles. The Bertz CT molecular complexity index is 410. The third-order valence-electron chi connectivity index (χ3n) is 2.55. The van der Waals surface area contributed by atoms with Gasteiger partial charge in [-0.15, -0.1) is 0 Å². The molecule has 8 heteroatoms. The summed E-state index contributed by atoms with van der Waals surface area (Å²) in [7, 11) is 0. The van der Waals surface area contributed by atoms with Gasteiger partial charge in [0.15, 0.2) is 0 Å². The van der Waals surface area contributed by atoms with E-state index in [4.69, 9.17) is 10.8 Å². The van der Waals surface area contributed by atoms with Crippen LogP contribution in [0.2, 0.25) is 0 Å². The first-order valence-electron chi connectivity index (χ1n) is 5.80. The van der Waals surface area contributed by atoms with Gasteiger partial charge in [0.1, 0.15) is 6.04 Å². The number of amides is 1. The Hall–Kier alpha value is -1.54. The molecule has 1 aromatic rings. The van der Waals surface area contributed by atoms with Gasteiger partial charge in [0.25, 0.3) is 0 Å². The molecule has 0 unspecified atom stereocenters. The van der Waals surface area contributed by atoms with Gasteiger partial charge < -0.3 is 21.1 Å². The van der Waals surface area contributed by atoms with Crippen LogP contribution in [0.4, 0.5) is 0 Å². The van der Waals surface area contributed by atoms with E-state index in [1.54, 1.807) is 18.0 Å². The number of nitrogens with zero attached hydrogens (tertiary/aromatic N) is 1. The zero-order valence-corrected chi connectivity index (χ0v) is 11.4. The highest BCUT2D eigenvalue weighted by molar-refractivity contribution is 7.98. The maximum Gasteiger partial charge on any atom is 0.326 e. The maximum atomic E-state index is 11.8. The minimum atomic E-state index is -1.10. The highest BCUT2D eigenvalue weighted by Gasteiger charge is 2.23. The second kappa shape index (κ2) is 7.80. The summed E-state index contributed by atoms with van der Waals surface area (Å²) in [5.74, 6) is -0.795. The summed E-state index contributed by atoms with van der Waals surface area (Å²) >= 11 is 1.59. The lowest BCUT2D eigenvalue weighted by molar-refractivity contribution is -0.142. The SMILES string of the molecule is CSCC[C@H](N)C(=O)N[C@@H](Cc1c[nH]cn1)C(=O)O. The quantitative estimate of drug-likeness (QED) is 0.516. The topological polar surface area (TPSA) is 121 Å². The van der Waals surface area contributed by atoms with Crippen LogP contribution in [0.15, 0.2) is 12.5 Å². The molecule has 1 amide bonds. The fourth-order valence-corrected chi connectivity index (χ4v) is 1.96. The zero-order chi connectivity index (χ0) is 14.3. The number of H-pyrrole nitrogens is 1. The molecule has 0 fully saturated rings. The maximum absolute atomic E-state index is 11.8. The molecule has 2 atom stereocenters. The number of aromatic amines is 1. The van der Waals surface area contributed by atoms with Gasteiger partial charge in [-0.05, 0) is 18.4 Å². The second-order valence-electron chi connectivity index (χ2n) is 4.05. The minimum absolute atomic E-state index is 0.125. The molecule has 0 aliphatic carbocycles. The molecule has 0 spiro atoms. The number of nitrogens with one attached hydrogen (secondary N) is 2. The minimum Gasteiger partial charge on any atom is -0.480 e. The Labute approximate surface area is 115 Å². The molecule has 5 N–H and O–H groups in total. The molecule has 0 saturated heterocycles. The molecular weight excluding hydrogens is 268 g/mol. The van der Waals surface area contributed by atoms with Crippen LogP contribution in [0, 0.1) is 0 Å². The number of thioether (sulfide) groups is 1. The number of rotatable bonds is 8. The van der Waals surface area contributed by atoms with Crippen molar-refractivity contribution in [3.8, 4) is 0 Å². The van der Waals surface area contributed by atoms with Crippen molar-refractivity contribution in [1.82, 2.24) is 15.3 Å². The lowest BCUT2D eigenvalue weighted by Crippen LogP contribution is -2.49. The van der Waals surface area contributed by atoms with Gasteiger partial charge in [0.2, 0.25) is 5.91 Å². The Balaban J connectivity index is 2.53. The number of nitrogens with two attached hydrogens (primary N) is 1. The van der Waals surface area contributed by atoms with E-state index in [1.807, 2.05) is 6.26 Å². The first-order valence-corrected chi connectivity index (χ1v) is 7.19. The fourth-order valence-electron chi connectivity index (χ4n) is 1.47. The summed E-state index contributed by atoms with van der Waals surface area (Å²) in [6, 6.07) is -1.70. The van der Waals surface area contributed by atoms with Crippen molar-refractivity contribution < 1.29 is 14.7 Å². The van der Waals surface area contributed by atoms with Crippen LogP contribution < -0.4 is 11.1 Å². The van der Waals surface area contributed by atoms with Crippen LogP contribution in [-0.2, 0) is 16.0 Å². The molecule has 0 bridgehead atoms. The molecule has 1 rings (SSSR count). The largest absolute Gasteiger partial charge is 0.480 e. The number of hydrogen-bond donors (Lipinski definition) is 4. The van der Waals surface area contributed by atoms with E-state index >= 15 is 0 Å². The number of carbonyl (C=O) groups excluding carboxylic acids is 1. The van der Waals surface area contributed by atoms with Gasteiger partial charge in [-0.3, -0.25) is 4.79 Å². The van der Waals surface area contributed by atoms with E-state index < -0.39 is 24.0 Å². The average molecular weight is 286 g/mol. The van der Waals surface area contributed by atoms with Crippen molar-refractivity contribution in [2.75, 3.05) is 12.0 Å². The molecule has 106 valence electrons. The van der Waals surface area contributed by atoms with Crippen molar-refractivity contribution in [3.05, 3.63) is 18.2 Å². The molecule has 7 nitrogen and oxygen atoms in total. The van der Waals surface area contributed by atoms with E-state index in [9.17, 15) is 9.59 Å². The van der Waals surface area contributed by atoms with E-state index in [2.05, 4.69) is 15.3 Å². The van der Waals surface area contributed by atoms with Gasteiger partial charge in [-0.1, -0.05) is 0 Å². The van der Waals surface area contributed by atoms with Crippen LogP contribution in [0.3, 0.4) is 0 Å². The van der Waals surface area contributed by atoms with Crippen molar-refractivity contribution in [2.45, 2.75) is 24.9 Å². The number of carbonyl (C=O) groups is 2. The number of hydrogen-bond acceptors (Lipinski definition) is 5. The van der Waals surface area contributed by atoms with Crippen molar-refractivity contribution in [2.24, 2.45) is 5.73 Å². The number of imidazole rings is 1. The molecule has 19 heavy (non-hydrogen) atoms. The van der Waals surface area contributed by atoms with Crippen LogP contribution in [0.5, 0.6) is 0 Å². The van der Waals surface area contributed by atoms with Gasteiger partial charge in [-0.2, -0.15) is 11.8 Å². The van der Waals surface area contributed by atoms with Crippen molar-refractivity contribution >= 4 is 23.6 Å². The van der Waals surface area contributed by atoms with Crippen LogP contribution in [0.25, 0.3) is 0 Å². The highest BCUT2D eigenvalue weighted by atomic mass is 32.2. The first-order chi connectivity index (χ1) is 9.04. The molecule has 0 aromatic carbocycles. The highest BCUT2D eigenvalue weighted by Crippen LogP contribution is 2.02. The van der Waals surface area contributed by atoms with Gasteiger partial charge in [0.05, 0.1) is 18.1 Å². The Morgan fingerprint density at radius 3 is 2.89 bits per heavy atom. The van der Waals surface area contributed by atoms with E-state index in [0.29, 0.717) is 12.1 Å². The van der Waals surface area contributed by atoms with E-state index in [1.165, 1.54) is 6.33 Å². The van der Waals surface area contributed by atoms with Gasteiger partial charge in [-0.25, -0.2) is 9.78 Å². The first kappa shape index (κ1) is 15.5. The lowest BCUT2D eigenvalue weighted by Gasteiger charge is -2.16. The molecular formula is C11H18N4O3S. The Morgan fingerprint density at radius 1 is 1.63 bits per heavy atom. The molecule has 1 aromatic heterocycles. The Morgan fingerprint density at radius 2 is 2.37 bits per heavy atom. The third kappa shape index (κ3) is 5.31. The summed E-state index contributed by atoms with van der Waals surface area (Å²) < 4.78 is 0. The summed E-state index contributed by atoms with van der Waals surface area (Å²) in [6.45, 7) is 0. The summed E-state index contributed by atoms with van der Waals surface area (Å²) in [5.41, 5.74) is 6.26. The average Bonchev–Trinajstić information content (AvgIpc) is 2.87. The second-order valence-corrected chi connectivity index (χ2v) is 5.04. The normalized spacial score (nSPS) is 13.8. The van der Waals surface area contributed by atoms with Gasteiger partial charge in [0, 0.05) is 12.6 Å². The van der Waals surface area contributed by atoms with Crippen LogP contribution >= 0.6 is 11.8 Å². The van der Waals surface area contributed by atoms with E-state index in [-0.39, 0.29) is 6.42 Å². The Kier molecular flexibility index (Phi) is 6.37.